The molecule has 1 heterocycles. The highest BCUT2D eigenvalue weighted by molar-refractivity contribution is 5.99. The maximum atomic E-state index is 13.4. The summed E-state index contributed by atoms with van der Waals surface area (Å²) in [7, 11) is 1.15. The number of pyridine rings is 1. The van der Waals surface area contributed by atoms with Gasteiger partial charge in [0.15, 0.2) is 0 Å². The second kappa shape index (κ2) is 8.82. The monoisotopic (exact) mass is 407 g/mol. The summed E-state index contributed by atoms with van der Waals surface area (Å²) in [6.07, 6.45) is -3.04. The summed E-state index contributed by atoms with van der Waals surface area (Å²) in [5.41, 5.74) is 3.79. The number of nitrogens with one attached hydrogen (secondary N) is 3. The number of benzene rings is 1. The molecule has 1 atom stereocenters. The Hall–Kier alpha value is -3.27. The molecular formula is C19H23F2N5O3. The number of nitrogens with zero attached hydrogens (tertiary/aromatic N) is 1. The minimum Gasteiger partial charge on any atom is -0.481 e. The van der Waals surface area contributed by atoms with Crippen LogP contribution < -0.4 is 16.4 Å². The number of hydrogen-bond acceptors (Lipinski definition) is 6. The fraction of sp³-hybridized carbons (Fsp3) is 0.316. The predicted octanol–water partition coefficient (Wildman–Crippen LogP) is 3.21. The number of methoxy groups -OCH3 is 1. The van der Waals surface area contributed by atoms with Gasteiger partial charge in [-0.1, -0.05) is 30.3 Å². The van der Waals surface area contributed by atoms with Crippen molar-refractivity contribution in [2.75, 3.05) is 18.2 Å². The van der Waals surface area contributed by atoms with Gasteiger partial charge < -0.3 is 20.9 Å². The van der Waals surface area contributed by atoms with E-state index in [-0.39, 0.29) is 17.1 Å². The van der Waals surface area contributed by atoms with E-state index in [1.54, 1.807) is 30.3 Å². The van der Waals surface area contributed by atoms with Crippen LogP contribution in [0.15, 0.2) is 36.4 Å². The molecule has 0 aliphatic rings. The van der Waals surface area contributed by atoms with Gasteiger partial charge in [0.05, 0.1) is 24.3 Å². The van der Waals surface area contributed by atoms with Gasteiger partial charge >= 0.3 is 6.03 Å². The van der Waals surface area contributed by atoms with Crippen LogP contribution in [0.3, 0.4) is 0 Å². The number of urea groups is 1. The summed E-state index contributed by atoms with van der Waals surface area (Å²) < 4.78 is 31.4. The first kappa shape index (κ1) is 22.0. The number of nitrogen functional groups attached to an aromatic ring is 1. The topological polar surface area (TPSA) is 133 Å². The van der Waals surface area contributed by atoms with E-state index in [9.17, 15) is 18.7 Å². The maximum absolute atomic E-state index is 13.4. The zero-order chi connectivity index (χ0) is 21.8. The van der Waals surface area contributed by atoms with Crippen molar-refractivity contribution in [1.29, 1.82) is 5.41 Å². The Kier molecular flexibility index (Phi) is 6.70. The lowest BCUT2D eigenvalue weighted by molar-refractivity contribution is 0.0415. The first-order chi connectivity index (χ1) is 13.5. The van der Waals surface area contributed by atoms with Crippen molar-refractivity contribution in [3.05, 3.63) is 53.2 Å². The molecule has 0 aliphatic heterocycles. The Morgan fingerprint density at radius 3 is 2.45 bits per heavy atom. The number of aliphatic hydroxyl groups is 1. The summed E-state index contributed by atoms with van der Waals surface area (Å²) in [5, 5.41) is 23.0. The molecule has 1 aromatic heterocycles. The summed E-state index contributed by atoms with van der Waals surface area (Å²) in [4.78, 5) is 16.1. The Morgan fingerprint density at radius 2 is 1.93 bits per heavy atom. The first-order valence-electron chi connectivity index (χ1n) is 8.61. The molecule has 2 aromatic rings. The Morgan fingerprint density at radius 1 is 1.31 bits per heavy atom. The number of aromatic nitrogens is 1. The minimum absolute atomic E-state index is 0.195. The van der Waals surface area contributed by atoms with E-state index in [0.29, 0.717) is 5.56 Å². The van der Waals surface area contributed by atoms with Gasteiger partial charge in [-0.05, 0) is 19.4 Å². The number of nitrogens with two attached hydrogens (primary N) is 1. The predicted molar refractivity (Wildman–Crippen MR) is 105 cm³/mol. The van der Waals surface area contributed by atoms with Crippen molar-refractivity contribution in [1.82, 2.24) is 10.3 Å². The van der Waals surface area contributed by atoms with E-state index < -0.39 is 35.7 Å². The van der Waals surface area contributed by atoms with E-state index in [1.807, 2.05) is 0 Å². The van der Waals surface area contributed by atoms with Crippen LogP contribution >= 0.6 is 0 Å². The highest BCUT2D eigenvalue weighted by Crippen LogP contribution is 2.29. The molecule has 0 aliphatic carbocycles. The number of ether oxygens (including phenoxy) is 1. The molecule has 0 bridgehead atoms. The van der Waals surface area contributed by atoms with Gasteiger partial charge in [-0.3, -0.25) is 10.7 Å². The van der Waals surface area contributed by atoms with Crippen LogP contribution in [0.5, 0.6) is 0 Å². The molecule has 156 valence electrons. The molecule has 2 amide bonds. The van der Waals surface area contributed by atoms with Gasteiger partial charge in [-0.25, -0.2) is 18.6 Å². The summed E-state index contributed by atoms with van der Waals surface area (Å²) >= 11 is 0. The molecule has 1 aromatic carbocycles. The molecule has 10 heteroatoms. The van der Waals surface area contributed by atoms with Gasteiger partial charge in [-0.15, -0.1) is 0 Å². The number of rotatable bonds is 6. The molecule has 6 N–H and O–H groups in total. The number of hydrogen-bond donors (Lipinski definition) is 5. The fourth-order valence-corrected chi connectivity index (χ4v) is 2.75. The standard InChI is InChI=1S/C19H23F2N5O3/c1-19(2,28)15(10-7-5-4-6-8-10)26-18(27)25-12-9-11(22)13(17(23)29-3)14(24-12)16(20)21/h4-9,15-16,23,28H,1-3H3,(H4,22,24,25,26,27)/t15-/m0/s1. The lowest BCUT2D eigenvalue weighted by Crippen LogP contribution is -2.44. The zero-order valence-electron chi connectivity index (χ0n) is 16.2. The van der Waals surface area contributed by atoms with Crippen LogP contribution in [-0.4, -0.2) is 34.7 Å². The summed E-state index contributed by atoms with van der Waals surface area (Å²) in [6.45, 7) is 3.06. The van der Waals surface area contributed by atoms with Crippen LogP contribution in [-0.2, 0) is 4.74 Å². The molecule has 0 unspecified atom stereocenters. The highest BCUT2D eigenvalue weighted by Gasteiger charge is 2.30. The number of halogens is 2. The molecule has 0 saturated carbocycles. The van der Waals surface area contributed by atoms with Crippen molar-refractivity contribution in [3.63, 3.8) is 0 Å². The van der Waals surface area contributed by atoms with Gasteiger partial charge in [0.2, 0.25) is 5.90 Å². The molecule has 0 spiro atoms. The van der Waals surface area contributed by atoms with E-state index >= 15 is 0 Å². The van der Waals surface area contributed by atoms with Gasteiger partial charge in [0.1, 0.15) is 11.5 Å². The van der Waals surface area contributed by atoms with E-state index in [1.165, 1.54) is 13.8 Å². The zero-order valence-corrected chi connectivity index (χ0v) is 16.2. The molecule has 8 nitrogen and oxygen atoms in total. The highest BCUT2D eigenvalue weighted by atomic mass is 19.3. The molecule has 29 heavy (non-hydrogen) atoms. The number of carbonyl (C=O) groups is 1. The summed E-state index contributed by atoms with van der Waals surface area (Å²) in [6, 6.07) is 8.37. The van der Waals surface area contributed by atoms with E-state index in [2.05, 4.69) is 20.4 Å². The van der Waals surface area contributed by atoms with Crippen LogP contribution in [0.2, 0.25) is 0 Å². The number of alkyl halides is 2. The van der Waals surface area contributed by atoms with E-state index in [4.69, 9.17) is 11.1 Å². The maximum Gasteiger partial charge on any atom is 0.320 e. The minimum atomic E-state index is -3.04. The average Bonchev–Trinajstić information content (AvgIpc) is 2.64. The van der Waals surface area contributed by atoms with Crippen molar-refractivity contribution in [2.45, 2.75) is 31.9 Å². The molecule has 0 fully saturated rings. The third-order valence-electron chi connectivity index (χ3n) is 4.07. The molecule has 0 radical (unpaired) electrons. The van der Waals surface area contributed by atoms with Crippen LogP contribution in [0.1, 0.15) is 43.1 Å². The smallest absolute Gasteiger partial charge is 0.320 e. The van der Waals surface area contributed by atoms with Crippen molar-refractivity contribution in [2.24, 2.45) is 0 Å². The first-order valence-corrected chi connectivity index (χ1v) is 8.61. The van der Waals surface area contributed by atoms with Gasteiger partial charge in [-0.2, -0.15) is 0 Å². The lowest BCUT2D eigenvalue weighted by atomic mass is 9.92. The van der Waals surface area contributed by atoms with Crippen molar-refractivity contribution in [3.8, 4) is 0 Å². The lowest BCUT2D eigenvalue weighted by Gasteiger charge is -2.30. The molecule has 0 saturated heterocycles. The largest absolute Gasteiger partial charge is 0.481 e. The second-order valence-corrected chi connectivity index (χ2v) is 6.79. The third kappa shape index (κ3) is 5.38. The quantitative estimate of drug-likeness (QED) is 0.370. The number of carbonyl (C=O) groups excluding carboxylic acids is 1. The Balaban J connectivity index is 2.29. The van der Waals surface area contributed by atoms with E-state index in [0.717, 1.165) is 13.2 Å². The van der Waals surface area contributed by atoms with Crippen molar-refractivity contribution < 1.29 is 23.4 Å². The normalized spacial score (nSPS) is 12.4. The van der Waals surface area contributed by atoms with Crippen molar-refractivity contribution >= 4 is 23.4 Å². The van der Waals surface area contributed by atoms with Gasteiger partial charge in [0, 0.05) is 11.8 Å². The van der Waals surface area contributed by atoms with Crippen LogP contribution in [0.25, 0.3) is 0 Å². The SMILES string of the molecule is COC(=N)c1c(N)cc(NC(=O)N[C@@H](c2ccccc2)C(C)(C)O)nc1C(F)F. The molecular weight excluding hydrogens is 384 g/mol. The Bertz CT molecular complexity index is 885. The fourth-order valence-electron chi connectivity index (χ4n) is 2.75. The van der Waals surface area contributed by atoms with Crippen LogP contribution in [0.4, 0.5) is 25.1 Å². The third-order valence-corrected chi connectivity index (χ3v) is 4.07. The summed E-state index contributed by atoms with van der Waals surface area (Å²) in [5.74, 6) is -0.794. The second-order valence-electron chi connectivity index (χ2n) is 6.79. The van der Waals surface area contributed by atoms with Gasteiger partial charge in [0.25, 0.3) is 6.43 Å². The molecule has 2 rings (SSSR count). The van der Waals surface area contributed by atoms with Crippen LogP contribution in [0, 0.1) is 5.41 Å². The average molecular weight is 407 g/mol. The Labute approximate surface area is 166 Å². The number of amides is 2. The number of anilines is 2.